The maximum atomic E-state index is 11.4. The van der Waals surface area contributed by atoms with E-state index in [1.165, 1.54) is 6.07 Å². The Kier molecular flexibility index (Phi) is 4.27. The molecule has 1 aliphatic carbocycles. The first-order valence-electron chi connectivity index (χ1n) is 6.64. The Morgan fingerprint density at radius 1 is 1.37 bits per heavy atom. The minimum absolute atomic E-state index is 0.0138. The average molecular weight is 264 g/mol. The number of aliphatic hydroxyl groups excluding tert-OH is 1. The minimum Gasteiger partial charge on any atom is -0.478 e. The van der Waals surface area contributed by atoms with Crippen molar-refractivity contribution < 1.29 is 15.0 Å². The van der Waals surface area contributed by atoms with Crippen molar-refractivity contribution in [3.8, 4) is 0 Å². The van der Waals surface area contributed by atoms with Gasteiger partial charge in [0.2, 0.25) is 0 Å². The Morgan fingerprint density at radius 2 is 2.05 bits per heavy atom. The van der Waals surface area contributed by atoms with Crippen LogP contribution in [-0.2, 0) is 0 Å². The predicted octanol–water partition coefficient (Wildman–Crippen LogP) is 1.71. The number of rotatable bonds is 5. The Bertz CT molecular complexity index is 456. The number of carbonyl (C=O) groups is 1. The quantitative estimate of drug-likeness (QED) is 0.705. The summed E-state index contributed by atoms with van der Waals surface area (Å²) >= 11 is 0. The van der Waals surface area contributed by atoms with Crippen molar-refractivity contribution in [2.75, 3.05) is 23.8 Å². The molecule has 1 fully saturated rings. The van der Waals surface area contributed by atoms with Crippen LogP contribution in [0.15, 0.2) is 18.2 Å². The van der Waals surface area contributed by atoms with Gasteiger partial charge in [0, 0.05) is 18.3 Å². The van der Waals surface area contributed by atoms with Crippen molar-refractivity contribution in [3.05, 3.63) is 23.8 Å². The maximum absolute atomic E-state index is 11.4. The second-order valence-electron chi connectivity index (χ2n) is 4.94. The number of nitrogens with two attached hydrogens (primary N) is 1. The summed E-state index contributed by atoms with van der Waals surface area (Å²) in [5, 5.41) is 18.5. The second-order valence-corrected chi connectivity index (χ2v) is 4.94. The van der Waals surface area contributed by atoms with Gasteiger partial charge in [0.15, 0.2) is 0 Å². The molecule has 4 N–H and O–H groups in total. The van der Waals surface area contributed by atoms with Gasteiger partial charge in [-0.2, -0.15) is 0 Å². The fourth-order valence-electron chi connectivity index (χ4n) is 2.80. The van der Waals surface area contributed by atoms with Crippen LogP contribution in [0.5, 0.6) is 0 Å². The van der Waals surface area contributed by atoms with Crippen LogP contribution in [0.4, 0.5) is 11.4 Å². The normalized spacial score (nSPS) is 15.6. The van der Waals surface area contributed by atoms with Crippen LogP contribution >= 0.6 is 0 Å². The summed E-state index contributed by atoms with van der Waals surface area (Å²) in [5.41, 5.74) is 6.97. The van der Waals surface area contributed by atoms with E-state index in [-0.39, 0.29) is 12.2 Å². The van der Waals surface area contributed by atoms with Crippen LogP contribution in [0.25, 0.3) is 0 Å². The topological polar surface area (TPSA) is 86.8 Å². The van der Waals surface area contributed by atoms with Gasteiger partial charge in [0.1, 0.15) is 0 Å². The largest absolute Gasteiger partial charge is 0.478 e. The number of carboxylic acid groups (broad SMARTS) is 1. The SMILES string of the molecule is Nc1ccc(N(CCO)C2CCCC2)c(C(=O)O)c1. The summed E-state index contributed by atoms with van der Waals surface area (Å²) in [6.07, 6.45) is 4.40. The van der Waals surface area contributed by atoms with Gasteiger partial charge in [-0.15, -0.1) is 0 Å². The molecule has 0 radical (unpaired) electrons. The highest BCUT2D eigenvalue weighted by molar-refractivity contribution is 5.95. The van der Waals surface area contributed by atoms with Gasteiger partial charge in [-0.1, -0.05) is 12.8 Å². The van der Waals surface area contributed by atoms with Crippen LogP contribution in [0, 0.1) is 0 Å². The van der Waals surface area contributed by atoms with Crippen molar-refractivity contribution in [1.82, 2.24) is 0 Å². The number of hydrogen-bond donors (Lipinski definition) is 3. The number of aliphatic hydroxyl groups is 1. The number of benzene rings is 1. The van der Waals surface area contributed by atoms with E-state index >= 15 is 0 Å². The molecule has 5 heteroatoms. The average Bonchev–Trinajstić information content (AvgIpc) is 2.90. The smallest absolute Gasteiger partial charge is 0.337 e. The molecule has 1 saturated carbocycles. The van der Waals surface area contributed by atoms with Gasteiger partial charge < -0.3 is 20.8 Å². The molecule has 1 aromatic carbocycles. The number of nitrogen functional groups attached to an aromatic ring is 1. The van der Waals surface area contributed by atoms with Gasteiger partial charge in [0.25, 0.3) is 0 Å². The van der Waals surface area contributed by atoms with E-state index in [9.17, 15) is 15.0 Å². The lowest BCUT2D eigenvalue weighted by Crippen LogP contribution is -2.36. The first kappa shape index (κ1) is 13.7. The number of carboxylic acids is 1. The van der Waals surface area contributed by atoms with Gasteiger partial charge in [0.05, 0.1) is 17.9 Å². The van der Waals surface area contributed by atoms with Crippen LogP contribution < -0.4 is 10.6 Å². The van der Waals surface area contributed by atoms with E-state index in [4.69, 9.17) is 5.73 Å². The Morgan fingerprint density at radius 3 is 2.63 bits per heavy atom. The molecule has 0 saturated heterocycles. The lowest BCUT2D eigenvalue weighted by Gasteiger charge is -2.31. The van der Waals surface area contributed by atoms with E-state index in [2.05, 4.69) is 0 Å². The molecular formula is C14H20N2O3. The number of anilines is 2. The Labute approximate surface area is 112 Å². The monoisotopic (exact) mass is 264 g/mol. The molecule has 104 valence electrons. The summed E-state index contributed by atoms with van der Waals surface area (Å²) in [5.74, 6) is -0.983. The van der Waals surface area contributed by atoms with Crippen LogP contribution in [0.2, 0.25) is 0 Å². The lowest BCUT2D eigenvalue weighted by atomic mass is 10.1. The molecule has 0 bridgehead atoms. The highest BCUT2D eigenvalue weighted by atomic mass is 16.4. The van der Waals surface area contributed by atoms with E-state index < -0.39 is 5.97 Å². The Balaban J connectivity index is 2.37. The van der Waals surface area contributed by atoms with Gasteiger partial charge >= 0.3 is 5.97 Å². The second kappa shape index (κ2) is 5.93. The molecule has 1 aromatic rings. The summed E-state index contributed by atoms with van der Waals surface area (Å²) in [7, 11) is 0. The molecular weight excluding hydrogens is 244 g/mol. The molecule has 0 spiro atoms. The van der Waals surface area contributed by atoms with Crippen molar-refractivity contribution in [2.24, 2.45) is 0 Å². The van der Waals surface area contributed by atoms with E-state index in [1.54, 1.807) is 12.1 Å². The highest BCUT2D eigenvalue weighted by Gasteiger charge is 2.25. The molecule has 0 aromatic heterocycles. The van der Waals surface area contributed by atoms with Gasteiger partial charge in [-0.05, 0) is 31.0 Å². The first-order valence-corrected chi connectivity index (χ1v) is 6.64. The van der Waals surface area contributed by atoms with E-state index in [0.29, 0.717) is 24.0 Å². The molecule has 0 amide bonds. The number of nitrogens with zero attached hydrogens (tertiary/aromatic N) is 1. The third-order valence-corrected chi connectivity index (χ3v) is 3.67. The third-order valence-electron chi connectivity index (χ3n) is 3.67. The minimum atomic E-state index is -0.983. The summed E-state index contributed by atoms with van der Waals surface area (Å²) in [6, 6.07) is 5.25. The summed E-state index contributed by atoms with van der Waals surface area (Å²) < 4.78 is 0. The molecule has 19 heavy (non-hydrogen) atoms. The van der Waals surface area contributed by atoms with Crippen molar-refractivity contribution >= 4 is 17.3 Å². The van der Waals surface area contributed by atoms with Crippen LogP contribution in [-0.4, -0.2) is 35.4 Å². The van der Waals surface area contributed by atoms with Crippen molar-refractivity contribution in [3.63, 3.8) is 0 Å². The molecule has 0 atom stereocenters. The molecule has 0 unspecified atom stereocenters. The molecule has 1 aliphatic rings. The Hall–Kier alpha value is -1.75. The van der Waals surface area contributed by atoms with E-state index in [0.717, 1.165) is 25.7 Å². The zero-order chi connectivity index (χ0) is 13.8. The summed E-state index contributed by atoms with van der Waals surface area (Å²) in [6.45, 7) is 0.467. The fraction of sp³-hybridized carbons (Fsp3) is 0.500. The molecule has 0 aliphatic heterocycles. The molecule has 5 nitrogen and oxygen atoms in total. The first-order chi connectivity index (χ1) is 9.13. The summed E-state index contributed by atoms with van der Waals surface area (Å²) in [4.78, 5) is 13.4. The molecule has 2 rings (SSSR count). The molecule has 0 heterocycles. The highest BCUT2D eigenvalue weighted by Crippen LogP contribution is 2.31. The zero-order valence-electron chi connectivity index (χ0n) is 10.9. The van der Waals surface area contributed by atoms with Crippen LogP contribution in [0.1, 0.15) is 36.0 Å². The number of hydrogen-bond acceptors (Lipinski definition) is 4. The third kappa shape index (κ3) is 2.98. The predicted molar refractivity (Wildman–Crippen MR) is 74.5 cm³/mol. The van der Waals surface area contributed by atoms with Crippen molar-refractivity contribution in [2.45, 2.75) is 31.7 Å². The standard InChI is InChI=1S/C14H20N2O3/c15-10-5-6-13(12(9-10)14(18)19)16(7-8-17)11-3-1-2-4-11/h5-6,9,11,17H,1-4,7-8,15H2,(H,18,19). The lowest BCUT2D eigenvalue weighted by molar-refractivity contribution is 0.0697. The van der Waals surface area contributed by atoms with E-state index in [1.807, 2.05) is 4.90 Å². The zero-order valence-corrected chi connectivity index (χ0v) is 10.9. The fourth-order valence-corrected chi connectivity index (χ4v) is 2.80. The van der Waals surface area contributed by atoms with Crippen molar-refractivity contribution in [1.29, 1.82) is 0 Å². The van der Waals surface area contributed by atoms with Gasteiger partial charge in [-0.25, -0.2) is 4.79 Å². The van der Waals surface area contributed by atoms with Gasteiger partial charge in [-0.3, -0.25) is 0 Å². The number of aromatic carboxylic acids is 1. The maximum Gasteiger partial charge on any atom is 0.337 e. The van der Waals surface area contributed by atoms with Crippen LogP contribution in [0.3, 0.4) is 0 Å².